The highest BCUT2D eigenvalue weighted by atomic mass is 16.5. The Morgan fingerprint density at radius 3 is 2.56 bits per heavy atom. The van der Waals surface area contributed by atoms with Gasteiger partial charge in [0.1, 0.15) is 0 Å². The summed E-state index contributed by atoms with van der Waals surface area (Å²) in [6.45, 7) is 5.93. The molecule has 1 unspecified atom stereocenters. The number of aliphatic hydroxyl groups is 1. The van der Waals surface area contributed by atoms with E-state index >= 15 is 0 Å². The lowest BCUT2D eigenvalue weighted by molar-refractivity contribution is 0.0422. The predicted molar refractivity (Wildman–Crippen MR) is 76.0 cm³/mol. The second-order valence-corrected chi connectivity index (χ2v) is 4.51. The van der Waals surface area contributed by atoms with E-state index in [1.165, 1.54) is 5.56 Å². The summed E-state index contributed by atoms with van der Waals surface area (Å²) in [6.07, 6.45) is 2.78. The SMILES string of the molecule is CCCCOCC(O)CNc1ccc(CC)cc1. The van der Waals surface area contributed by atoms with Crippen LogP contribution < -0.4 is 5.32 Å². The van der Waals surface area contributed by atoms with Crippen molar-refractivity contribution in [3.63, 3.8) is 0 Å². The normalized spacial score (nSPS) is 12.4. The lowest BCUT2D eigenvalue weighted by Crippen LogP contribution is -2.25. The van der Waals surface area contributed by atoms with Crippen molar-refractivity contribution in [1.29, 1.82) is 0 Å². The van der Waals surface area contributed by atoms with E-state index in [0.717, 1.165) is 31.6 Å². The lowest BCUT2D eigenvalue weighted by atomic mass is 10.1. The van der Waals surface area contributed by atoms with Gasteiger partial charge in [0, 0.05) is 18.8 Å². The van der Waals surface area contributed by atoms with E-state index in [1.807, 2.05) is 12.1 Å². The first-order chi connectivity index (χ1) is 8.76. The second kappa shape index (κ2) is 8.95. The zero-order valence-electron chi connectivity index (χ0n) is 11.5. The average molecular weight is 251 g/mol. The summed E-state index contributed by atoms with van der Waals surface area (Å²) in [5, 5.41) is 12.9. The van der Waals surface area contributed by atoms with E-state index in [0.29, 0.717) is 13.2 Å². The first-order valence-corrected chi connectivity index (χ1v) is 6.84. The minimum Gasteiger partial charge on any atom is -0.389 e. The van der Waals surface area contributed by atoms with Gasteiger partial charge < -0.3 is 15.2 Å². The molecule has 1 atom stereocenters. The highest BCUT2D eigenvalue weighted by Crippen LogP contribution is 2.09. The fraction of sp³-hybridized carbons (Fsp3) is 0.600. The maximum absolute atomic E-state index is 9.72. The third-order valence-electron chi connectivity index (χ3n) is 2.86. The highest BCUT2D eigenvalue weighted by Gasteiger charge is 2.03. The molecule has 0 aliphatic carbocycles. The van der Waals surface area contributed by atoms with Gasteiger partial charge >= 0.3 is 0 Å². The van der Waals surface area contributed by atoms with E-state index in [2.05, 4.69) is 31.3 Å². The topological polar surface area (TPSA) is 41.5 Å². The van der Waals surface area contributed by atoms with Gasteiger partial charge in [-0.05, 0) is 30.5 Å². The molecule has 0 fully saturated rings. The lowest BCUT2D eigenvalue weighted by Gasteiger charge is -2.13. The number of benzene rings is 1. The maximum Gasteiger partial charge on any atom is 0.0945 e. The quantitative estimate of drug-likeness (QED) is 0.663. The summed E-state index contributed by atoms with van der Waals surface area (Å²) >= 11 is 0. The number of hydrogen-bond acceptors (Lipinski definition) is 3. The van der Waals surface area contributed by atoms with Gasteiger partial charge in [-0.25, -0.2) is 0 Å². The molecule has 1 aromatic carbocycles. The first kappa shape index (κ1) is 15.0. The molecule has 102 valence electrons. The number of nitrogens with one attached hydrogen (secondary N) is 1. The van der Waals surface area contributed by atoms with E-state index < -0.39 is 6.10 Å². The molecule has 0 heterocycles. The van der Waals surface area contributed by atoms with Crippen LogP contribution in [0.25, 0.3) is 0 Å². The van der Waals surface area contributed by atoms with Gasteiger partial charge in [0.05, 0.1) is 12.7 Å². The minimum atomic E-state index is -0.451. The van der Waals surface area contributed by atoms with Crippen molar-refractivity contribution < 1.29 is 9.84 Å². The predicted octanol–water partition coefficient (Wildman–Crippen LogP) is 2.84. The van der Waals surface area contributed by atoms with Crippen molar-refractivity contribution in [2.45, 2.75) is 39.2 Å². The Kier molecular flexibility index (Phi) is 7.46. The molecule has 0 saturated heterocycles. The van der Waals surface area contributed by atoms with Gasteiger partial charge in [-0.1, -0.05) is 32.4 Å². The smallest absolute Gasteiger partial charge is 0.0945 e. The van der Waals surface area contributed by atoms with E-state index in [9.17, 15) is 5.11 Å². The fourth-order valence-electron chi connectivity index (χ4n) is 1.62. The number of rotatable bonds is 9. The summed E-state index contributed by atoms with van der Waals surface area (Å²) in [6, 6.07) is 8.30. The van der Waals surface area contributed by atoms with Crippen molar-refractivity contribution in [3.05, 3.63) is 29.8 Å². The largest absolute Gasteiger partial charge is 0.389 e. The molecule has 0 aromatic heterocycles. The van der Waals surface area contributed by atoms with Crippen molar-refractivity contribution in [2.75, 3.05) is 25.1 Å². The summed E-state index contributed by atoms with van der Waals surface area (Å²) in [5.74, 6) is 0. The van der Waals surface area contributed by atoms with Crippen LogP contribution in [0.5, 0.6) is 0 Å². The fourth-order valence-corrected chi connectivity index (χ4v) is 1.62. The number of hydrogen-bond donors (Lipinski definition) is 2. The number of unbranched alkanes of at least 4 members (excludes halogenated alkanes) is 1. The molecule has 18 heavy (non-hydrogen) atoms. The molecule has 0 amide bonds. The molecule has 0 aliphatic heterocycles. The molecular formula is C15H25NO2. The Bertz CT molecular complexity index is 311. The van der Waals surface area contributed by atoms with Gasteiger partial charge in [0.2, 0.25) is 0 Å². The molecule has 0 aliphatic rings. The van der Waals surface area contributed by atoms with Crippen LogP contribution in [0, 0.1) is 0 Å². The average Bonchev–Trinajstić information content (AvgIpc) is 2.42. The summed E-state index contributed by atoms with van der Waals surface area (Å²) < 4.78 is 5.37. The molecule has 0 bridgehead atoms. The monoisotopic (exact) mass is 251 g/mol. The zero-order chi connectivity index (χ0) is 13.2. The number of aryl methyl sites for hydroxylation is 1. The minimum absolute atomic E-state index is 0.403. The van der Waals surface area contributed by atoms with Gasteiger partial charge in [-0.3, -0.25) is 0 Å². The van der Waals surface area contributed by atoms with Crippen LogP contribution in [0.2, 0.25) is 0 Å². The Morgan fingerprint density at radius 1 is 1.22 bits per heavy atom. The van der Waals surface area contributed by atoms with Gasteiger partial charge in [0.15, 0.2) is 0 Å². The van der Waals surface area contributed by atoms with E-state index in [-0.39, 0.29) is 0 Å². The molecule has 3 heteroatoms. The molecule has 0 spiro atoms. The van der Waals surface area contributed by atoms with Gasteiger partial charge in [-0.2, -0.15) is 0 Å². The number of anilines is 1. The summed E-state index contributed by atoms with van der Waals surface area (Å²) in [5.41, 5.74) is 2.36. The van der Waals surface area contributed by atoms with Crippen molar-refractivity contribution in [2.24, 2.45) is 0 Å². The third-order valence-corrected chi connectivity index (χ3v) is 2.86. The van der Waals surface area contributed by atoms with Crippen LogP contribution in [0.4, 0.5) is 5.69 Å². The molecule has 2 N–H and O–H groups in total. The summed E-state index contributed by atoms with van der Waals surface area (Å²) in [7, 11) is 0. The highest BCUT2D eigenvalue weighted by molar-refractivity contribution is 5.44. The molecule has 1 aromatic rings. The Labute approximate surface area is 110 Å². The Balaban J connectivity index is 2.18. The zero-order valence-corrected chi connectivity index (χ0v) is 11.5. The van der Waals surface area contributed by atoms with Crippen molar-refractivity contribution >= 4 is 5.69 Å². The van der Waals surface area contributed by atoms with Gasteiger partial charge in [0.25, 0.3) is 0 Å². The molecular weight excluding hydrogens is 226 g/mol. The van der Waals surface area contributed by atoms with Crippen LogP contribution in [0.1, 0.15) is 32.3 Å². The number of aliphatic hydroxyl groups excluding tert-OH is 1. The maximum atomic E-state index is 9.72. The molecule has 3 nitrogen and oxygen atoms in total. The summed E-state index contributed by atoms with van der Waals surface area (Å²) in [4.78, 5) is 0. The molecule has 0 saturated carbocycles. The molecule has 0 radical (unpaired) electrons. The van der Waals surface area contributed by atoms with Crippen LogP contribution in [0.15, 0.2) is 24.3 Å². The van der Waals surface area contributed by atoms with Crippen molar-refractivity contribution in [3.8, 4) is 0 Å². The molecule has 1 rings (SSSR count). The van der Waals surface area contributed by atoms with Crippen LogP contribution >= 0.6 is 0 Å². The standard InChI is InChI=1S/C15H25NO2/c1-3-5-10-18-12-15(17)11-16-14-8-6-13(4-2)7-9-14/h6-9,15-17H,3-5,10-12H2,1-2H3. The van der Waals surface area contributed by atoms with Crippen LogP contribution in [-0.2, 0) is 11.2 Å². The number of ether oxygens (including phenoxy) is 1. The Hall–Kier alpha value is -1.06. The van der Waals surface area contributed by atoms with Crippen LogP contribution in [0.3, 0.4) is 0 Å². The van der Waals surface area contributed by atoms with Crippen LogP contribution in [-0.4, -0.2) is 31.0 Å². The van der Waals surface area contributed by atoms with Gasteiger partial charge in [-0.15, -0.1) is 0 Å². The first-order valence-electron chi connectivity index (χ1n) is 6.84. The Morgan fingerprint density at radius 2 is 1.94 bits per heavy atom. The third kappa shape index (κ3) is 6.03. The van der Waals surface area contributed by atoms with E-state index in [4.69, 9.17) is 4.74 Å². The van der Waals surface area contributed by atoms with Crippen molar-refractivity contribution in [1.82, 2.24) is 0 Å². The van der Waals surface area contributed by atoms with E-state index in [1.54, 1.807) is 0 Å². The second-order valence-electron chi connectivity index (χ2n) is 4.51.